The van der Waals surface area contributed by atoms with E-state index in [-0.39, 0.29) is 0 Å². The molecule has 0 radical (unpaired) electrons. The predicted molar refractivity (Wildman–Crippen MR) is 73.0 cm³/mol. The molecule has 3 N–H and O–H groups in total. The second-order valence-corrected chi connectivity index (χ2v) is 5.85. The third kappa shape index (κ3) is 2.91. The van der Waals surface area contributed by atoms with Gasteiger partial charge in [0.15, 0.2) is 5.82 Å². The lowest BCUT2D eigenvalue weighted by Gasteiger charge is -2.18. The van der Waals surface area contributed by atoms with Gasteiger partial charge in [0.05, 0.1) is 11.8 Å². The maximum atomic E-state index is 5.67. The van der Waals surface area contributed by atoms with E-state index < -0.39 is 0 Å². The van der Waals surface area contributed by atoms with Crippen LogP contribution in [0.25, 0.3) is 0 Å². The summed E-state index contributed by atoms with van der Waals surface area (Å²) in [7, 11) is 0. The van der Waals surface area contributed by atoms with Crippen LogP contribution in [0, 0.1) is 5.41 Å². The Bertz CT molecular complexity index is 430. The quantitative estimate of drug-likeness (QED) is 0.804. The van der Waals surface area contributed by atoms with Crippen LogP contribution in [0.1, 0.15) is 38.7 Å². The van der Waals surface area contributed by atoms with Crippen molar-refractivity contribution in [3.8, 4) is 0 Å². The molecule has 1 unspecified atom stereocenters. The summed E-state index contributed by atoms with van der Waals surface area (Å²) in [5, 5.41) is 11.4. The minimum Gasteiger partial charge on any atom is -0.389 e. The van der Waals surface area contributed by atoms with Crippen LogP contribution >= 0.6 is 12.2 Å². The summed E-state index contributed by atoms with van der Waals surface area (Å²) in [4.78, 5) is 0.361. The Morgan fingerprint density at radius 2 is 2.35 bits per heavy atom. The molecule has 2 rings (SSSR count). The number of rotatable bonds is 3. The number of anilines is 1. The molecular weight excluding hydrogens is 232 g/mol. The highest BCUT2D eigenvalue weighted by atomic mass is 32.1. The van der Waals surface area contributed by atoms with Gasteiger partial charge in [-0.05, 0) is 30.7 Å². The molecule has 1 saturated carbocycles. The minimum absolute atomic E-state index is 0.361. The van der Waals surface area contributed by atoms with Gasteiger partial charge in [0.25, 0.3) is 0 Å². The van der Waals surface area contributed by atoms with Crippen molar-refractivity contribution >= 4 is 23.0 Å². The summed E-state index contributed by atoms with van der Waals surface area (Å²) in [6.07, 6.45) is 5.13. The van der Waals surface area contributed by atoms with Gasteiger partial charge in [-0.2, -0.15) is 5.10 Å². The number of nitrogens with one attached hydrogen (secondary N) is 1. The molecule has 92 valence electrons. The monoisotopic (exact) mass is 250 g/mol. The lowest BCUT2D eigenvalue weighted by molar-refractivity contribution is 0.378. The number of aromatic nitrogens is 2. The SMILES string of the molecule is CC1(C)CCC(Nc2nnccc2C(N)=S)C1. The molecule has 4 nitrogen and oxygen atoms in total. The summed E-state index contributed by atoms with van der Waals surface area (Å²) in [5.74, 6) is 0.711. The molecule has 1 fully saturated rings. The smallest absolute Gasteiger partial charge is 0.159 e. The van der Waals surface area contributed by atoms with Crippen molar-refractivity contribution in [2.24, 2.45) is 11.1 Å². The predicted octanol–water partition coefficient (Wildman–Crippen LogP) is 2.10. The van der Waals surface area contributed by atoms with E-state index in [9.17, 15) is 0 Å². The zero-order valence-corrected chi connectivity index (χ0v) is 11.0. The molecule has 0 aromatic carbocycles. The zero-order valence-electron chi connectivity index (χ0n) is 10.2. The fraction of sp³-hybridized carbons (Fsp3) is 0.583. The second kappa shape index (κ2) is 4.56. The van der Waals surface area contributed by atoms with E-state index in [4.69, 9.17) is 18.0 Å². The molecular formula is C12H18N4S. The normalized spacial score (nSPS) is 22.4. The Hall–Kier alpha value is -1.23. The van der Waals surface area contributed by atoms with Crippen LogP contribution in [-0.4, -0.2) is 21.2 Å². The standard InChI is InChI=1S/C12H18N4S/c1-12(2)5-3-8(7-12)15-11-9(10(13)17)4-6-14-16-11/h4,6,8H,3,5,7H2,1-2H3,(H2,13,17)(H,15,16). The summed E-state index contributed by atoms with van der Waals surface area (Å²) >= 11 is 5.01. The van der Waals surface area contributed by atoms with Gasteiger partial charge in [0.2, 0.25) is 0 Å². The van der Waals surface area contributed by atoms with Gasteiger partial charge in [-0.15, -0.1) is 5.10 Å². The number of thiocarbonyl (C=S) groups is 1. The first kappa shape index (κ1) is 12.2. The Balaban J connectivity index is 2.12. The van der Waals surface area contributed by atoms with Gasteiger partial charge in [-0.1, -0.05) is 26.1 Å². The molecule has 1 atom stereocenters. The van der Waals surface area contributed by atoms with Crippen LogP contribution in [0.4, 0.5) is 5.82 Å². The molecule has 1 aliphatic rings. The van der Waals surface area contributed by atoms with Crippen LogP contribution in [0.5, 0.6) is 0 Å². The van der Waals surface area contributed by atoms with Crippen molar-refractivity contribution < 1.29 is 0 Å². The van der Waals surface area contributed by atoms with Crippen LogP contribution < -0.4 is 11.1 Å². The van der Waals surface area contributed by atoms with Crippen molar-refractivity contribution in [3.63, 3.8) is 0 Å². The van der Waals surface area contributed by atoms with Gasteiger partial charge in [-0.25, -0.2) is 0 Å². The highest BCUT2D eigenvalue weighted by Crippen LogP contribution is 2.38. The maximum absolute atomic E-state index is 5.67. The summed E-state index contributed by atoms with van der Waals surface area (Å²) in [6, 6.07) is 2.24. The fourth-order valence-electron chi connectivity index (χ4n) is 2.39. The van der Waals surface area contributed by atoms with Crippen LogP contribution in [-0.2, 0) is 0 Å². The third-order valence-corrected chi connectivity index (χ3v) is 3.52. The molecule has 0 saturated heterocycles. The van der Waals surface area contributed by atoms with Crippen LogP contribution in [0.2, 0.25) is 0 Å². The summed E-state index contributed by atoms with van der Waals surface area (Å²) < 4.78 is 0. The van der Waals surface area contributed by atoms with Crippen molar-refractivity contribution in [3.05, 3.63) is 17.8 Å². The molecule has 17 heavy (non-hydrogen) atoms. The van der Waals surface area contributed by atoms with Crippen LogP contribution in [0.15, 0.2) is 12.3 Å². The Morgan fingerprint density at radius 1 is 1.59 bits per heavy atom. The van der Waals surface area contributed by atoms with E-state index in [1.807, 2.05) is 0 Å². The van der Waals surface area contributed by atoms with E-state index in [2.05, 4.69) is 29.4 Å². The molecule has 0 amide bonds. The van der Waals surface area contributed by atoms with E-state index in [1.54, 1.807) is 12.3 Å². The van der Waals surface area contributed by atoms with Gasteiger partial charge in [0.1, 0.15) is 4.99 Å². The maximum Gasteiger partial charge on any atom is 0.159 e. The Labute approximate surface area is 107 Å². The van der Waals surface area contributed by atoms with Gasteiger partial charge < -0.3 is 11.1 Å². The molecule has 1 aromatic heterocycles. The topological polar surface area (TPSA) is 63.8 Å². The van der Waals surface area contributed by atoms with E-state index >= 15 is 0 Å². The average molecular weight is 250 g/mol. The highest BCUT2D eigenvalue weighted by Gasteiger charge is 2.31. The van der Waals surface area contributed by atoms with Gasteiger partial charge in [0, 0.05) is 6.04 Å². The Kier molecular flexibility index (Phi) is 3.28. The van der Waals surface area contributed by atoms with Crippen molar-refractivity contribution in [2.45, 2.75) is 39.2 Å². The molecule has 1 aromatic rings. The lowest BCUT2D eigenvalue weighted by atomic mass is 9.92. The summed E-state index contributed by atoms with van der Waals surface area (Å²) in [5.41, 5.74) is 6.85. The number of hydrogen-bond donors (Lipinski definition) is 2. The number of nitrogens with two attached hydrogens (primary N) is 1. The van der Waals surface area contributed by atoms with E-state index in [0.717, 1.165) is 18.4 Å². The fourth-order valence-corrected chi connectivity index (χ4v) is 2.55. The lowest BCUT2D eigenvalue weighted by Crippen LogP contribution is -2.22. The van der Waals surface area contributed by atoms with E-state index in [1.165, 1.54) is 6.42 Å². The molecule has 0 aliphatic heterocycles. The zero-order chi connectivity index (χ0) is 12.5. The van der Waals surface area contributed by atoms with Crippen molar-refractivity contribution in [1.82, 2.24) is 10.2 Å². The first-order valence-electron chi connectivity index (χ1n) is 5.86. The van der Waals surface area contributed by atoms with Gasteiger partial charge in [-0.3, -0.25) is 0 Å². The third-order valence-electron chi connectivity index (χ3n) is 3.30. The summed E-state index contributed by atoms with van der Waals surface area (Å²) in [6.45, 7) is 4.58. The molecule has 5 heteroatoms. The highest BCUT2D eigenvalue weighted by molar-refractivity contribution is 7.80. The molecule has 1 heterocycles. The van der Waals surface area contributed by atoms with E-state index in [0.29, 0.717) is 22.3 Å². The first-order valence-corrected chi connectivity index (χ1v) is 6.27. The first-order chi connectivity index (χ1) is 7.98. The number of hydrogen-bond acceptors (Lipinski definition) is 4. The second-order valence-electron chi connectivity index (χ2n) is 5.41. The number of nitrogens with zero attached hydrogens (tertiary/aromatic N) is 2. The molecule has 0 bridgehead atoms. The van der Waals surface area contributed by atoms with Gasteiger partial charge >= 0.3 is 0 Å². The minimum atomic E-state index is 0.361. The largest absolute Gasteiger partial charge is 0.389 e. The molecule has 0 spiro atoms. The van der Waals surface area contributed by atoms with Crippen LogP contribution in [0.3, 0.4) is 0 Å². The Morgan fingerprint density at radius 3 is 2.94 bits per heavy atom. The van der Waals surface area contributed by atoms with Crippen molar-refractivity contribution in [1.29, 1.82) is 0 Å². The average Bonchev–Trinajstić information content (AvgIpc) is 2.58. The van der Waals surface area contributed by atoms with Crippen molar-refractivity contribution in [2.75, 3.05) is 5.32 Å². The molecule has 1 aliphatic carbocycles.